The predicted octanol–water partition coefficient (Wildman–Crippen LogP) is 1.14. The third-order valence-corrected chi connectivity index (χ3v) is 4.07. The van der Waals surface area contributed by atoms with Gasteiger partial charge in [0.1, 0.15) is 5.75 Å². The van der Waals surface area contributed by atoms with E-state index in [9.17, 15) is 9.90 Å². The molecule has 116 valence electrons. The van der Waals surface area contributed by atoms with E-state index in [-0.39, 0.29) is 17.9 Å². The van der Waals surface area contributed by atoms with E-state index in [1.54, 1.807) is 7.11 Å². The van der Waals surface area contributed by atoms with Crippen molar-refractivity contribution in [1.29, 1.82) is 0 Å². The van der Waals surface area contributed by atoms with Crippen LogP contribution in [0.1, 0.15) is 18.4 Å². The SMILES string of the molecule is COc1ccc(CC(=O)NCC2(CO)CCOCC2)cc1. The van der Waals surface area contributed by atoms with Crippen LogP contribution in [0.4, 0.5) is 0 Å². The van der Waals surface area contributed by atoms with Gasteiger partial charge in [-0.3, -0.25) is 4.79 Å². The maximum atomic E-state index is 12.0. The monoisotopic (exact) mass is 293 g/mol. The van der Waals surface area contributed by atoms with Gasteiger partial charge >= 0.3 is 0 Å². The fourth-order valence-electron chi connectivity index (χ4n) is 2.47. The van der Waals surface area contributed by atoms with E-state index in [0.717, 1.165) is 24.2 Å². The van der Waals surface area contributed by atoms with Crippen LogP contribution in [0.2, 0.25) is 0 Å². The average molecular weight is 293 g/mol. The standard InChI is InChI=1S/C16H23NO4/c1-20-14-4-2-13(3-5-14)10-15(19)17-11-16(12-18)6-8-21-9-7-16/h2-5,18H,6-12H2,1H3,(H,17,19). The number of hydrogen-bond acceptors (Lipinski definition) is 4. The van der Waals surface area contributed by atoms with Crippen molar-refractivity contribution in [3.05, 3.63) is 29.8 Å². The van der Waals surface area contributed by atoms with E-state index in [4.69, 9.17) is 9.47 Å². The third-order valence-electron chi connectivity index (χ3n) is 4.07. The second-order valence-electron chi connectivity index (χ2n) is 5.57. The molecule has 5 heteroatoms. The Morgan fingerprint density at radius 1 is 1.33 bits per heavy atom. The molecule has 1 aromatic rings. The van der Waals surface area contributed by atoms with Crippen LogP contribution in [0, 0.1) is 5.41 Å². The Morgan fingerprint density at radius 2 is 2.00 bits per heavy atom. The summed E-state index contributed by atoms with van der Waals surface area (Å²) >= 11 is 0. The molecule has 1 amide bonds. The number of ether oxygens (including phenoxy) is 2. The maximum Gasteiger partial charge on any atom is 0.224 e. The van der Waals surface area contributed by atoms with Crippen molar-refractivity contribution in [3.63, 3.8) is 0 Å². The number of hydrogen-bond donors (Lipinski definition) is 2. The highest BCUT2D eigenvalue weighted by atomic mass is 16.5. The lowest BCUT2D eigenvalue weighted by atomic mass is 9.81. The Kier molecular flexibility index (Phi) is 5.59. The van der Waals surface area contributed by atoms with E-state index in [1.807, 2.05) is 24.3 Å². The molecular formula is C16H23NO4. The predicted molar refractivity (Wildman–Crippen MR) is 79.3 cm³/mol. The normalized spacial score (nSPS) is 17.2. The zero-order valence-electron chi connectivity index (χ0n) is 12.4. The fraction of sp³-hybridized carbons (Fsp3) is 0.562. The van der Waals surface area contributed by atoms with E-state index in [0.29, 0.717) is 26.2 Å². The second kappa shape index (κ2) is 7.43. The molecule has 21 heavy (non-hydrogen) atoms. The largest absolute Gasteiger partial charge is 0.497 e. The molecule has 0 aliphatic carbocycles. The van der Waals surface area contributed by atoms with Crippen molar-refractivity contribution in [2.45, 2.75) is 19.3 Å². The van der Waals surface area contributed by atoms with E-state index in [1.165, 1.54) is 0 Å². The van der Waals surface area contributed by atoms with Gasteiger partial charge in [0, 0.05) is 25.2 Å². The summed E-state index contributed by atoms with van der Waals surface area (Å²) in [6, 6.07) is 7.45. The van der Waals surface area contributed by atoms with Gasteiger partial charge in [0.2, 0.25) is 5.91 Å². The Balaban J connectivity index is 1.83. The van der Waals surface area contributed by atoms with Crippen molar-refractivity contribution in [3.8, 4) is 5.75 Å². The molecule has 1 aliphatic rings. The zero-order valence-corrected chi connectivity index (χ0v) is 12.4. The van der Waals surface area contributed by atoms with Gasteiger partial charge in [-0.05, 0) is 30.5 Å². The van der Waals surface area contributed by atoms with Gasteiger partial charge < -0.3 is 19.9 Å². The Bertz CT molecular complexity index is 452. The molecule has 0 bridgehead atoms. The lowest BCUT2D eigenvalue weighted by molar-refractivity contribution is -0.121. The smallest absolute Gasteiger partial charge is 0.224 e. The number of amides is 1. The molecule has 0 radical (unpaired) electrons. The summed E-state index contributed by atoms with van der Waals surface area (Å²) in [4.78, 5) is 12.0. The van der Waals surface area contributed by atoms with Crippen LogP contribution in [-0.2, 0) is 16.0 Å². The van der Waals surface area contributed by atoms with E-state index in [2.05, 4.69) is 5.32 Å². The summed E-state index contributed by atoms with van der Waals surface area (Å²) in [6.45, 7) is 1.88. The summed E-state index contributed by atoms with van der Waals surface area (Å²) in [6.07, 6.45) is 1.90. The molecular weight excluding hydrogens is 270 g/mol. The summed E-state index contributed by atoms with van der Waals surface area (Å²) in [5.74, 6) is 0.750. The van der Waals surface area contributed by atoms with E-state index >= 15 is 0 Å². The minimum Gasteiger partial charge on any atom is -0.497 e. The fourth-order valence-corrected chi connectivity index (χ4v) is 2.47. The first kappa shape index (κ1) is 15.8. The molecule has 1 fully saturated rings. The number of nitrogens with one attached hydrogen (secondary N) is 1. The number of aliphatic hydroxyl groups excluding tert-OH is 1. The van der Waals surface area contributed by atoms with Crippen LogP contribution >= 0.6 is 0 Å². The highest BCUT2D eigenvalue weighted by molar-refractivity contribution is 5.78. The van der Waals surface area contributed by atoms with Crippen LogP contribution in [0.25, 0.3) is 0 Å². The van der Waals surface area contributed by atoms with Gasteiger partial charge in [-0.25, -0.2) is 0 Å². The zero-order chi connectivity index (χ0) is 15.1. The molecule has 1 aliphatic heterocycles. The average Bonchev–Trinajstić information content (AvgIpc) is 2.54. The van der Waals surface area contributed by atoms with Gasteiger partial charge in [0.05, 0.1) is 20.1 Å². The molecule has 1 aromatic carbocycles. The third kappa shape index (κ3) is 4.44. The van der Waals surface area contributed by atoms with Crippen molar-refractivity contribution < 1.29 is 19.4 Å². The minimum absolute atomic E-state index is 0.0283. The number of aliphatic hydroxyl groups is 1. The lowest BCUT2D eigenvalue weighted by Crippen LogP contribution is -2.44. The van der Waals surface area contributed by atoms with Crippen molar-refractivity contribution >= 4 is 5.91 Å². The summed E-state index contributed by atoms with van der Waals surface area (Å²) in [5.41, 5.74) is 0.715. The Morgan fingerprint density at radius 3 is 2.57 bits per heavy atom. The lowest BCUT2D eigenvalue weighted by Gasteiger charge is -2.35. The van der Waals surface area contributed by atoms with E-state index < -0.39 is 0 Å². The number of carbonyl (C=O) groups is 1. The number of carbonyl (C=O) groups excluding carboxylic acids is 1. The van der Waals surface area contributed by atoms with Crippen molar-refractivity contribution in [2.24, 2.45) is 5.41 Å². The molecule has 0 saturated carbocycles. The molecule has 0 aromatic heterocycles. The van der Waals surface area contributed by atoms with Gasteiger partial charge in [-0.15, -0.1) is 0 Å². The van der Waals surface area contributed by atoms with Crippen molar-refractivity contribution in [2.75, 3.05) is 33.5 Å². The van der Waals surface area contributed by atoms with Crippen LogP contribution < -0.4 is 10.1 Å². The highest BCUT2D eigenvalue weighted by Gasteiger charge is 2.32. The number of benzene rings is 1. The maximum absolute atomic E-state index is 12.0. The minimum atomic E-state index is -0.228. The highest BCUT2D eigenvalue weighted by Crippen LogP contribution is 2.28. The Hall–Kier alpha value is -1.59. The molecule has 5 nitrogen and oxygen atoms in total. The summed E-state index contributed by atoms with van der Waals surface area (Å²) in [7, 11) is 1.62. The van der Waals surface area contributed by atoms with Crippen molar-refractivity contribution in [1.82, 2.24) is 5.32 Å². The van der Waals surface area contributed by atoms with Gasteiger partial charge in [0.25, 0.3) is 0 Å². The first-order valence-electron chi connectivity index (χ1n) is 7.26. The van der Waals surface area contributed by atoms with Gasteiger partial charge in [0.15, 0.2) is 0 Å². The quantitative estimate of drug-likeness (QED) is 0.825. The van der Waals surface area contributed by atoms with Crippen LogP contribution in [-0.4, -0.2) is 44.5 Å². The molecule has 2 N–H and O–H groups in total. The van der Waals surface area contributed by atoms with Gasteiger partial charge in [-0.1, -0.05) is 12.1 Å². The molecule has 0 spiro atoms. The van der Waals surface area contributed by atoms with Crippen LogP contribution in [0.15, 0.2) is 24.3 Å². The molecule has 2 rings (SSSR count). The van der Waals surface area contributed by atoms with Gasteiger partial charge in [-0.2, -0.15) is 0 Å². The summed E-state index contributed by atoms with van der Waals surface area (Å²) < 4.78 is 10.4. The van der Waals surface area contributed by atoms with Crippen LogP contribution in [0.3, 0.4) is 0 Å². The second-order valence-corrected chi connectivity index (χ2v) is 5.57. The molecule has 1 saturated heterocycles. The Labute approximate surface area is 125 Å². The van der Waals surface area contributed by atoms with Crippen LogP contribution in [0.5, 0.6) is 5.75 Å². The molecule has 1 heterocycles. The first-order valence-corrected chi connectivity index (χ1v) is 7.26. The topological polar surface area (TPSA) is 67.8 Å². The molecule has 0 atom stereocenters. The first-order chi connectivity index (χ1) is 10.2. The summed E-state index contributed by atoms with van der Waals surface area (Å²) in [5, 5.41) is 12.5. The molecule has 0 unspecified atom stereocenters. The number of methoxy groups -OCH3 is 1. The number of rotatable bonds is 6.